The Hall–Kier alpha value is -3.47. The molecule has 3 aromatic carbocycles. The molecule has 2 N–H and O–H groups in total. The number of nitrogens with one attached hydrogen (secondary N) is 2. The van der Waals surface area contributed by atoms with Gasteiger partial charge in [0.15, 0.2) is 0 Å². The summed E-state index contributed by atoms with van der Waals surface area (Å²) in [6, 6.07) is 22.9. The van der Waals surface area contributed by atoms with E-state index in [1.54, 1.807) is 24.3 Å². The van der Waals surface area contributed by atoms with Crippen molar-refractivity contribution >= 4 is 11.8 Å². The van der Waals surface area contributed by atoms with E-state index in [1.807, 2.05) is 42.5 Å². The van der Waals surface area contributed by atoms with Crippen LogP contribution in [0.5, 0.6) is 0 Å². The van der Waals surface area contributed by atoms with E-state index in [-0.39, 0.29) is 30.7 Å². The molecule has 0 radical (unpaired) electrons. The van der Waals surface area contributed by atoms with Gasteiger partial charge in [-0.15, -0.1) is 0 Å². The summed E-state index contributed by atoms with van der Waals surface area (Å²) >= 11 is 0. The zero-order chi connectivity index (χ0) is 19.1. The maximum atomic E-state index is 12.8. The molecule has 0 unspecified atom stereocenters. The minimum atomic E-state index is -0.323. The fourth-order valence-electron chi connectivity index (χ4n) is 2.57. The number of rotatable bonds is 6. The third-order valence-electron chi connectivity index (χ3n) is 4.07. The van der Waals surface area contributed by atoms with Crippen LogP contribution in [0.4, 0.5) is 4.39 Å². The van der Waals surface area contributed by atoms with Gasteiger partial charge in [-0.1, -0.05) is 54.6 Å². The molecule has 0 saturated heterocycles. The summed E-state index contributed by atoms with van der Waals surface area (Å²) in [5, 5.41) is 5.27. The Morgan fingerprint density at radius 1 is 0.741 bits per heavy atom. The predicted octanol–water partition coefficient (Wildman–Crippen LogP) is 3.54. The summed E-state index contributed by atoms with van der Waals surface area (Å²) in [6.45, 7) is 0.154. The molecule has 0 saturated carbocycles. The van der Waals surface area contributed by atoms with Gasteiger partial charge in [-0.3, -0.25) is 9.59 Å². The second kappa shape index (κ2) is 8.76. The van der Waals surface area contributed by atoms with Gasteiger partial charge in [0, 0.05) is 12.1 Å². The lowest BCUT2D eigenvalue weighted by atomic mass is 10.0. The van der Waals surface area contributed by atoms with Crippen LogP contribution in [0.25, 0.3) is 11.1 Å². The van der Waals surface area contributed by atoms with Gasteiger partial charge in [0.1, 0.15) is 5.82 Å². The molecular formula is C22H19FN2O2. The monoisotopic (exact) mass is 362 g/mol. The molecule has 4 nitrogen and oxygen atoms in total. The summed E-state index contributed by atoms with van der Waals surface area (Å²) in [6.07, 6.45) is 0. The molecule has 27 heavy (non-hydrogen) atoms. The van der Waals surface area contributed by atoms with Gasteiger partial charge >= 0.3 is 0 Å². The van der Waals surface area contributed by atoms with E-state index in [2.05, 4.69) is 10.6 Å². The van der Waals surface area contributed by atoms with Crippen LogP contribution in [0, 0.1) is 5.82 Å². The number of carbonyl (C=O) groups is 2. The molecular weight excluding hydrogens is 343 g/mol. The van der Waals surface area contributed by atoms with Crippen molar-refractivity contribution in [2.45, 2.75) is 6.54 Å². The molecule has 136 valence electrons. The third kappa shape index (κ3) is 5.25. The summed E-state index contributed by atoms with van der Waals surface area (Å²) < 4.78 is 12.8. The SMILES string of the molecule is O=C(CNC(=O)c1ccc(-c2ccccc2)cc1)NCc1ccc(F)cc1. The number of halogens is 1. The van der Waals surface area contributed by atoms with Crippen LogP contribution in [-0.4, -0.2) is 18.4 Å². The van der Waals surface area contributed by atoms with Crippen molar-refractivity contribution in [2.24, 2.45) is 0 Å². The first-order valence-corrected chi connectivity index (χ1v) is 8.56. The molecule has 0 spiro atoms. The second-order valence-corrected chi connectivity index (χ2v) is 6.03. The topological polar surface area (TPSA) is 58.2 Å². The first-order chi connectivity index (χ1) is 13.1. The van der Waals surface area contributed by atoms with Gasteiger partial charge in [-0.25, -0.2) is 4.39 Å². The van der Waals surface area contributed by atoms with Gasteiger partial charge in [-0.2, -0.15) is 0 Å². The zero-order valence-electron chi connectivity index (χ0n) is 14.6. The molecule has 0 fully saturated rings. The molecule has 0 atom stereocenters. The van der Waals surface area contributed by atoms with Gasteiger partial charge in [0.25, 0.3) is 5.91 Å². The lowest BCUT2D eigenvalue weighted by Crippen LogP contribution is -2.36. The zero-order valence-corrected chi connectivity index (χ0v) is 14.6. The lowest BCUT2D eigenvalue weighted by molar-refractivity contribution is -0.120. The summed E-state index contributed by atoms with van der Waals surface area (Å²) in [4.78, 5) is 24.0. The summed E-state index contributed by atoms with van der Waals surface area (Å²) in [5.74, 6) is -0.948. The van der Waals surface area contributed by atoms with E-state index in [0.29, 0.717) is 5.56 Å². The van der Waals surface area contributed by atoms with Crippen LogP contribution in [0.2, 0.25) is 0 Å². The highest BCUT2D eigenvalue weighted by Gasteiger charge is 2.08. The molecule has 0 aliphatic rings. The molecule has 3 aromatic rings. The Kier molecular flexibility index (Phi) is 5.94. The van der Waals surface area contributed by atoms with Crippen molar-refractivity contribution in [3.8, 4) is 11.1 Å². The van der Waals surface area contributed by atoms with Crippen LogP contribution in [0.15, 0.2) is 78.9 Å². The van der Waals surface area contributed by atoms with E-state index in [1.165, 1.54) is 12.1 Å². The Balaban J connectivity index is 1.48. The smallest absolute Gasteiger partial charge is 0.251 e. The highest BCUT2D eigenvalue weighted by Crippen LogP contribution is 2.19. The standard InChI is InChI=1S/C22H19FN2O2/c23-20-12-6-16(7-13-20)14-24-21(26)15-25-22(27)19-10-8-18(9-11-19)17-4-2-1-3-5-17/h1-13H,14-15H2,(H,24,26)(H,25,27). The Bertz CT molecular complexity index is 907. The third-order valence-corrected chi connectivity index (χ3v) is 4.07. The van der Waals surface area contributed by atoms with Crippen molar-refractivity contribution in [3.63, 3.8) is 0 Å². The van der Waals surface area contributed by atoms with E-state index in [0.717, 1.165) is 16.7 Å². The molecule has 2 amide bonds. The quantitative estimate of drug-likeness (QED) is 0.705. The largest absolute Gasteiger partial charge is 0.350 e. The van der Waals surface area contributed by atoms with E-state index >= 15 is 0 Å². The van der Waals surface area contributed by atoms with Gasteiger partial charge in [-0.05, 0) is 41.0 Å². The highest BCUT2D eigenvalue weighted by molar-refractivity contribution is 5.96. The minimum Gasteiger partial charge on any atom is -0.350 e. The van der Waals surface area contributed by atoms with Crippen molar-refractivity contribution in [1.29, 1.82) is 0 Å². The van der Waals surface area contributed by atoms with Crippen LogP contribution in [0.1, 0.15) is 15.9 Å². The van der Waals surface area contributed by atoms with Crippen molar-refractivity contribution in [3.05, 3.63) is 95.8 Å². The summed E-state index contributed by atoms with van der Waals surface area (Å²) in [7, 11) is 0. The Labute approximate surface area is 157 Å². The first kappa shape index (κ1) is 18.3. The number of amides is 2. The normalized spacial score (nSPS) is 10.3. The number of hydrogen-bond donors (Lipinski definition) is 2. The summed E-state index contributed by atoms with van der Waals surface area (Å²) in [5.41, 5.74) is 3.36. The van der Waals surface area contributed by atoms with Crippen LogP contribution in [0.3, 0.4) is 0 Å². The van der Waals surface area contributed by atoms with E-state index in [9.17, 15) is 14.0 Å². The molecule has 0 aromatic heterocycles. The molecule has 0 heterocycles. The molecule has 5 heteroatoms. The number of benzene rings is 3. The van der Waals surface area contributed by atoms with Crippen molar-refractivity contribution in [2.75, 3.05) is 6.54 Å². The van der Waals surface area contributed by atoms with Crippen LogP contribution in [-0.2, 0) is 11.3 Å². The fourth-order valence-corrected chi connectivity index (χ4v) is 2.57. The first-order valence-electron chi connectivity index (χ1n) is 8.56. The lowest BCUT2D eigenvalue weighted by Gasteiger charge is -2.08. The molecule has 0 bridgehead atoms. The maximum Gasteiger partial charge on any atom is 0.251 e. The predicted molar refractivity (Wildman–Crippen MR) is 102 cm³/mol. The fraction of sp³-hybridized carbons (Fsp3) is 0.0909. The van der Waals surface area contributed by atoms with E-state index in [4.69, 9.17) is 0 Å². The van der Waals surface area contributed by atoms with Crippen molar-refractivity contribution < 1.29 is 14.0 Å². The molecule has 0 aliphatic carbocycles. The molecule has 0 aliphatic heterocycles. The number of hydrogen-bond acceptors (Lipinski definition) is 2. The Morgan fingerprint density at radius 2 is 1.37 bits per heavy atom. The van der Waals surface area contributed by atoms with E-state index < -0.39 is 0 Å². The van der Waals surface area contributed by atoms with Gasteiger partial charge in [0.2, 0.25) is 5.91 Å². The minimum absolute atomic E-state index is 0.125. The second-order valence-electron chi connectivity index (χ2n) is 6.03. The van der Waals surface area contributed by atoms with Crippen molar-refractivity contribution in [1.82, 2.24) is 10.6 Å². The average molecular weight is 362 g/mol. The maximum absolute atomic E-state index is 12.8. The average Bonchev–Trinajstić information content (AvgIpc) is 2.72. The molecule has 3 rings (SSSR count). The highest BCUT2D eigenvalue weighted by atomic mass is 19.1. The van der Waals surface area contributed by atoms with Gasteiger partial charge < -0.3 is 10.6 Å². The number of carbonyl (C=O) groups excluding carboxylic acids is 2. The van der Waals surface area contributed by atoms with Gasteiger partial charge in [0.05, 0.1) is 6.54 Å². The van der Waals surface area contributed by atoms with Crippen LogP contribution < -0.4 is 10.6 Å². The Morgan fingerprint density at radius 3 is 2.04 bits per heavy atom. The van der Waals surface area contributed by atoms with Crippen LogP contribution >= 0.6 is 0 Å².